The second kappa shape index (κ2) is 7.92. The summed E-state index contributed by atoms with van der Waals surface area (Å²) in [6.07, 6.45) is 5.33. The van der Waals surface area contributed by atoms with Crippen molar-refractivity contribution in [3.05, 3.63) is 62.2 Å². The lowest BCUT2D eigenvalue weighted by atomic mass is 9.95. The SMILES string of the molecule is C#Cc1cc(C2=C(c3cc(-c4ccc(N(C)C)cc4)sc3C)C(F)(F)C(F)(F)C2(F)F)c(C)s1. The van der Waals surface area contributed by atoms with Gasteiger partial charge in [0.15, 0.2) is 0 Å². The summed E-state index contributed by atoms with van der Waals surface area (Å²) in [7, 11) is 3.72. The Bertz CT molecular complexity index is 1340. The minimum atomic E-state index is -5.60. The molecule has 1 aliphatic rings. The molecule has 3 aromatic rings. The summed E-state index contributed by atoms with van der Waals surface area (Å²) in [5.74, 6) is -13.5. The van der Waals surface area contributed by atoms with Gasteiger partial charge in [-0.2, -0.15) is 26.3 Å². The molecule has 0 bridgehead atoms. The van der Waals surface area contributed by atoms with Crippen molar-refractivity contribution in [2.45, 2.75) is 31.6 Å². The molecule has 0 unspecified atom stereocenters. The monoisotopic (exact) mass is 511 g/mol. The number of hydrogen-bond acceptors (Lipinski definition) is 3. The average molecular weight is 512 g/mol. The highest BCUT2D eigenvalue weighted by Gasteiger charge is 2.80. The van der Waals surface area contributed by atoms with Crippen LogP contribution in [0.2, 0.25) is 0 Å². The molecule has 0 fully saturated rings. The Balaban J connectivity index is 1.98. The number of halogens is 6. The molecule has 1 aromatic carbocycles. The van der Waals surface area contributed by atoms with E-state index in [1.54, 1.807) is 12.1 Å². The molecule has 2 aromatic heterocycles. The van der Waals surface area contributed by atoms with Crippen LogP contribution in [0.3, 0.4) is 0 Å². The van der Waals surface area contributed by atoms with Gasteiger partial charge in [-0.05, 0) is 54.8 Å². The zero-order chi connectivity index (χ0) is 25.2. The number of anilines is 1. The normalized spacial score (nSPS) is 18.3. The molecule has 0 spiro atoms. The third kappa shape index (κ3) is 3.38. The fourth-order valence-corrected chi connectivity index (χ4v) is 5.90. The highest BCUT2D eigenvalue weighted by atomic mass is 32.1. The summed E-state index contributed by atoms with van der Waals surface area (Å²) in [5.41, 5.74) is -1.85. The van der Waals surface area contributed by atoms with Crippen LogP contribution in [0.1, 0.15) is 25.8 Å². The minimum absolute atomic E-state index is 0.168. The molecule has 0 aliphatic heterocycles. The van der Waals surface area contributed by atoms with E-state index >= 15 is 17.6 Å². The van der Waals surface area contributed by atoms with Crippen LogP contribution in [-0.2, 0) is 0 Å². The fourth-order valence-electron chi connectivity index (χ4n) is 4.03. The summed E-state index contributed by atoms with van der Waals surface area (Å²) >= 11 is 1.99. The molecular formula is C25H19F6NS2. The molecule has 9 heteroatoms. The maximum Gasteiger partial charge on any atom is 0.380 e. The molecule has 34 heavy (non-hydrogen) atoms. The van der Waals surface area contributed by atoms with E-state index in [2.05, 4.69) is 5.92 Å². The topological polar surface area (TPSA) is 3.24 Å². The summed E-state index contributed by atoms with van der Waals surface area (Å²) in [6.45, 7) is 2.86. The average Bonchev–Trinajstić information content (AvgIpc) is 3.35. The number of nitrogens with zero attached hydrogens (tertiary/aromatic N) is 1. The van der Waals surface area contributed by atoms with Gasteiger partial charge in [-0.25, -0.2) is 0 Å². The molecule has 0 N–H and O–H groups in total. The molecular weight excluding hydrogens is 492 g/mol. The Labute approximate surface area is 201 Å². The maximum absolute atomic E-state index is 15.1. The van der Waals surface area contributed by atoms with Crippen LogP contribution in [0.25, 0.3) is 21.6 Å². The van der Waals surface area contributed by atoms with Crippen molar-refractivity contribution < 1.29 is 26.3 Å². The van der Waals surface area contributed by atoms with E-state index in [1.165, 1.54) is 19.9 Å². The van der Waals surface area contributed by atoms with Crippen LogP contribution in [0, 0.1) is 26.2 Å². The Hall–Kier alpha value is -2.70. The first kappa shape index (κ1) is 24.4. The van der Waals surface area contributed by atoms with Gasteiger partial charge in [0.2, 0.25) is 0 Å². The van der Waals surface area contributed by atoms with E-state index in [-0.39, 0.29) is 25.8 Å². The van der Waals surface area contributed by atoms with Crippen LogP contribution in [0.15, 0.2) is 36.4 Å². The van der Waals surface area contributed by atoms with E-state index in [1.807, 2.05) is 31.1 Å². The minimum Gasteiger partial charge on any atom is -0.378 e. The van der Waals surface area contributed by atoms with E-state index < -0.39 is 28.9 Å². The van der Waals surface area contributed by atoms with Crippen LogP contribution in [-0.4, -0.2) is 31.9 Å². The van der Waals surface area contributed by atoms with Crippen LogP contribution >= 0.6 is 22.7 Å². The van der Waals surface area contributed by atoms with E-state index in [0.29, 0.717) is 10.4 Å². The van der Waals surface area contributed by atoms with Crippen molar-refractivity contribution in [3.63, 3.8) is 0 Å². The number of terminal acetylenes is 1. The number of thiophene rings is 2. The molecule has 0 amide bonds. The summed E-state index contributed by atoms with van der Waals surface area (Å²) in [5, 5.41) is 0. The zero-order valence-corrected chi connectivity index (χ0v) is 20.2. The van der Waals surface area contributed by atoms with Gasteiger partial charge in [0.1, 0.15) is 0 Å². The lowest BCUT2D eigenvalue weighted by Crippen LogP contribution is -2.48. The first-order valence-corrected chi connectivity index (χ1v) is 11.7. The van der Waals surface area contributed by atoms with Gasteiger partial charge < -0.3 is 4.90 Å². The predicted octanol–water partition coefficient (Wildman–Crippen LogP) is 7.97. The summed E-state index contributed by atoms with van der Waals surface area (Å²) in [6, 6.07) is 9.54. The van der Waals surface area contributed by atoms with Gasteiger partial charge >= 0.3 is 17.8 Å². The van der Waals surface area contributed by atoms with Crippen molar-refractivity contribution in [2.75, 3.05) is 19.0 Å². The smallest absolute Gasteiger partial charge is 0.378 e. The summed E-state index contributed by atoms with van der Waals surface area (Å²) in [4.78, 5) is 2.98. The number of alkyl halides is 6. The number of hydrogen-bond donors (Lipinski definition) is 0. The third-order valence-electron chi connectivity index (χ3n) is 5.85. The largest absolute Gasteiger partial charge is 0.380 e. The van der Waals surface area contributed by atoms with Crippen LogP contribution in [0.5, 0.6) is 0 Å². The van der Waals surface area contributed by atoms with E-state index in [0.717, 1.165) is 34.4 Å². The van der Waals surface area contributed by atoms with E-state index in [4.69, 9.17) is 6.42 Å². The van der Waals surface area contributed by atoms with Crippen molar-refractivity contribution in [2.24, 2.45) is 0 Å². The Morgan fingerprint density at radius 1 is 0.794 bits per heavy atom. The van der Waals surface area contributed by atoms with Crippen molar-refractivity contribution in [3.8, 4) is 22.8 Å². The zero-order valence-electron chi connectivity index (χ0n) is 18.6. The molecule has 0 saturated carbocycles. The Morgan fingerprint density at radius 2 is 1.29 bits per heavy atom. The molecule has 178 valence electrons. The Morgan fingerprint density at radius 3 is 1.76 bits per heavy atom. The standard InChI is InChI=1S/C25H19F6NS2/c1-6-17-11-18(13(2)33-17)21-22(24(28,29)25(30,31)23(21,26)27)19-12-20(34-14(19)3)15-7-9-16(10-8-15)32(4)5/h1,7-12H,2-5H3. The number of aryl methyl sites for hydroxylation is 2. The van der Waals surface area contributed by atoms with Crippen molar-refractivity contribution in [1.29, 1.82) is 0 Å². The molecule has 0 radical (unpaired) electrons. The van der Waals surface area contributed by atoms with Crippen LogP contribution < -0.4 is 4.90 Å². The predicted molar refractivity (Wildman–Crippen MR) is 127 cm³/mol. The lowest BCUT2D eigenvalue weighted by Gasteiger charge is -2.25. The quantitative estimate of drug-likeness (QED) is 0.254. The molecule has 0 atom stereocenters. The van der Waals surface area contributed by atoms with Gasteiger partial charge in [-0.3, -0.25) is 0 Å². The van der Waals surface area contributed by atoms with Crippen LogP contribution in [0.4, 0.5) is 32.0 Å². The van der Waals surface area contributed by atoms with Crippen molar-refractivity contribution >= 4 is 39.5 Å². The fraction of sp³-hybridized carbons (Fsp3) is 0.280. The second-order valence-corrected chi connectivity index (χ2v) is 10.7. The third-order valence-corrected chi connectivity index (χ3v) is 7.93. The second-order valence-electron chi connectivity index (χ2n) is 8.22. The van der Waals surface area contributed by atoms with Gasteiger partial charge in [0.25, 0.3) is 0 Å². The molecule has 1 aliphatic carbocycles. The maximum atomic E-state index is 15.1. The van der Waals surface area contributed by atoms with Crippen molar-refractivity contribution in [1.82, 2.24) is 0 Å². The summed E-state index contributed by atoms with van der Waals surface area (Å²) < 4.78 is 89.5. The van der Waals surface area contributed by atoms with Gasteiger partial charge in [-0.15, -0.1) is 29.1 Å². The highest BCUT2D eigenvalue weighted by molar-refractivity contribution is 7.15. The number of rotatable bonds is 4. The molecule has 0 saturated heterocycles. The lowest BCUT2D eigenvalue weighted by molar-refractivity contribution is -0.254. The first-order chi connectivity index (χ1) is 15.7. The van der Waals surface area contributed by atoms with Gasteiger partial charge in [0, 0.05) is 45.6 Å². The van der Waals surface area contributed by atoms with E-state index in [9.17, 15) is 8.78 Å². The first-order valence-electron chi connectivity index (χ1n) is 10.1. The molecule has 4 rings (SSSR count). The van der Waals surface area contributed by atoms with Gasteiger partial charge in [0.05, 0.1) is 4.88 Å². The highest BCUT2D eigenvalue weighted by Crippen LogP contribution is 2.66. The number of allylic oxidation sites excluding steroid dienone is 2. The Kier molecular flexibility index (Phi) is 5.69. The van der Waals surface area contributed by atoms with Gasteiger partial charge in [-0.1, -0.05) is 18.1 Å². The molecule has 2 heterocycles. The number of benzene rings is 1. The molecule has 1 nitrogen and oxygen atoms in total.